The Morgan fingerprint density at radius 2 is 2.10 bits per heavy atom. The molecular formula is C14H16ClN3OS. The van der Waals surface area contributed by atoms with E-state index in [1.807, 2.05) is 25.1 Å². The fourth-order valence-electron chi connectivity index (χ4n) is 1.72. The van der Waals surface area contributed by atoms with Crippen molar-refractivity contribution >= 4 is 34.7 Å². The highest BCUT2D eigenvalue weighted by atomic mass is 35.5. The summed E-state index contributed by atoms with van der Waals surface area (Å²) in [6, 6.07) is 7.57. The smallest absolute Gasteiger partial charge is 0.254 e. The van der Waals surface area contributed by atoms with Gasteiger partial charge in [0.1, 0.15) is 5.82 Å². The quantitative estimate of drug-likeness (QED) is 0.937. The lowest BCUT2D eigenvalue weighted by Gasteiger charge is -2.14. The van der Waals surface area contributed by atoms with Crippen LogP contribution < -0.4 is 5.32 Å². The SMILES string of the molecule is CC(Nc1ccc(C(=O)N(C)C)cn1)c1ccc(Cl)s1. The molecule has 2 rings (SSSR count). The number of carbonyl (C=O) groups is 1. The number of aromatic nitrogens is 1. The molecule has 0 radical (unpaired) electrons. The lowest BCUT2D eigenvalue weighted by atomic mass is 10.2. The van der Waals surface area contributed by atoms with Crippen LogP contribution in [-0.2, 0) is 0 Å². The molecule has 0 fully saturated rings. The molecule has 1 unspecified atom stereocenters. The highest BCUT2D eigenvalue weighted by Gasteiger charge is 2.11. The predicted octanol–water partition coefficient (Wildman–Crippen LogP) is 3.67. The van der Waals surface area contributed by atoms with Crippen LogP contribution in [-0.4, -0.2) is 29.9 Å². The molecule has 4 nitrogen and oxygen atoms in total. The van der Waals surface area contributed by atoms with Crippen molar-refractivity contribution < 1.29 is 4.79 Å². The first-order valence-electron chi connectivity index (χ1n) is 6.17. The van der Waals surface area contributed by atoms with Crippen LogP contribution >= 0.6 is 22.9 Å². The molecule has 20 heavy (non-hydrogen) atoms. The molecule has 1 amide bonds. The van der Waals surface area contributed by atoms with Gasteiger partial charge in [0.05, 0.1) is 15.9 Å². The summed E-state index contributed by atoms with van der Waals surface area (Å²) < 4.78 is 0.772. The summed E-state index contributed by atoms with van der Waals surface area (Å²) in [5.41, 5.74) is 0.576. The normalized spacial score (nSPS) is 12.0. The van der Waals surface area contributed by atoms with Gasteiger partial charge < -0.3 is 10.2 Å². The maximum absolute atomic E-state index is 11.8. The maximum atomic E-state index is 11.8. The van der Waals surface area contributed by atoms with Gasteiger partial charge in [0.15, 0.2) is 0 Å². The van der Waals surface area contributed by atoms with E-state index < -0.39 is 0 Å². The number of rotatable bonds is 4. The van der Waals surface area contributed by atoms with E-state index in [0.29, 0.717) is 5.56 Å². The molecule has 0 spiro atoms. The van der Waals surface area contributed by atoms with Gasteiger partial charge in [-0.05, 0) is 31.2 Å². The summed E-state index contributed by atoms with van der Waals surface area (Å²) in [7, 11) is 3.44. The Hall–Kier alpha value is -1.59. The third kappa shape index (κ3) is 3.49. The topological polar surface area (TPSA) is 45.2 Å². The number of carbonyl (C=O) groups excluding carboxylic acids is 1. The Kier molecular flexibility index (Phi) is 4.62. The molecule has 1 N–H and O–H groups in total. The number of amides is 1. The van der Waals surface area contributed by atoms with E-state index in [-0.39, 0.29) is 11.9 Å². The molecule has 0 saturated carbocycles. The third-order valence-electron chi connectivity index (χ3n) is 2.80. The van der Waals surface area contributed by atoms with Crippen LogP contribution in [0.5, 0.6) is 0 Å². The van der Waals surface area contributed by atoms with Gasteiger partial charge in [-0.3, -0.25) is 4.79 Å². The minimum absolute atomic E-state index is 0.0536. The highest BCUT2D eigenvalue weighted by Crippen LogP contribution is 2.28. The van der Waals surface area contributed by atoms with E-state index in [2.05, 4.69) is 10.3 Å². The number of thiophene rings is 1. The Balaban J connectivity index is 2.05. The monoisotopic (exact) mass is 309 g/mol. The van der Waals surface area contributed by atoms with Crippen LogP contribution in [0.15, 0.2) is 30.5 Å². The second-order valence-electron chi connectivity index (χ2n) is 4.64. The van der Waals surface area contributed by atoms with Crippen LogP contribution in [0.4, 0.5) is 5.82 Å². The maximum Gasteiger partial charge on any atom is 0.254 e. The third-order valence-corrected chi connectivity index (χ3v) is 4.22. The second-order valence-corrected chi connectivity index (χ2v) is 6.39. The van der Waals surface area contributed by atoms with E-state index in [4.69, 9.17) is 11.6 Å². The highest BCUT2D eigenvalue weighted by molar-refractivity contribution is 7.16. The van der Waals surface area contributed by atoms with Crippen molar-refractivity contribution in [3.05, 3.63) is 45.2 Å². The summed E-state index contributed by atoms with van der Waals surface area (Å²) in [6.45, 7) is 2.04. The fourth-order valence-corrected chi connectivity index (χ4v) is 2.78. The fraction of sp³-hybridized carbons (Fsp3) is 0.286. The summed E-state index contributed by atoms with van der Waals surface area (Å²) in [6.07, 6.45) is 1.58. The van der Waals surface area contributed by atoms with Crippen molar-refractivity contribution in [2.45, 2.75) is 13.0 Å². The van der Waals surface area contributed by atoms with E-state index in [1.54, 1.807) is 37.7 Å². The molecule has 6 heteroatoms. The molecule has 0 aliphatic heterocycles. The van der Waals surface area contributed by atoms with Crippen LogP contribution in [0.2, 0.25) is 4.34 Å². The molecule has 0 aromatic carbocycles. The Labute approximate surface area is 127 Å². The molecule has 2 aromatic rings. The van der Waals surface area contributed by atoms with E-state index >= 15 is 0 Å². The molecular weight excluding hydrogens is 294 g/mol. The number of halogens is 1. The minimum Gasteiger partial charge on any atom is -0.363 e. The zero-order valence-corrected chi connectivity index (χ0v) is 13.1. The summed E-state index contributed by atoms with van der Waals surface area (Å²) in [4.78, 5) is 18.7. The number of pyridine rings is 1. The average molecular weight is 310 g/mol. The van der Waals surface area contributed by atoms with Crippen molar-refractivity contribution in [1.29, 1.82) is 0 Å². The Morgan fingerprint density at radius 1 is 1.35 bits per heavy atom. The standard InChI is InChI=1S/C14H16ClN3OS/c1-9(11-5-6-12(15)20-11)17-13-7-4-10(8-16-13)14(19)18(2)3/h4-9H,1-3H3,(H,16,17). The zero-order valence-electron chi connectivity index (χ0n) is 11.6. The van der Waals surface area contributed by atoms with Crippen molar-refractivity contribution in [2.75, 3.05) is 19.4 Å². The van der Waals surface area contributed by atoms with Crippen LogP contribution in [0.3, 0.4) is 0 Å². The molecule has 0 bridgehead atoms. The molecule has 0 aliphatic carbocycles. The average Bonchev–Trinajstić information content (AvgIpc) is 2.85. The molecule has 1 atom stereocenters. The number of anilines is 1. The van der Waals surface area contributed by atoms with Gasteiger partial charge in [0, 0.05) is 25.2 Å². The molecule has 2 aromatic heterocycles. The van der Waals surface area contributed by atoms with E-state index in [0.717, 1.165) is 15.0 Å². The van der Waals surface area contributed by atoms with Crippen molar-refractivity contribution in [3.63, 3.8) is 0 Å². The number of nitrogens with one attached hydrogen (secondary N) is 1. The van der Waals surface area contributed by atoms with Crippen molar-refractivity contribution in [1.82, 2.24) is 9.88 Å². The zero-order chi connectivity index (χ0) is 14.7. The number of nitrogens with zero attached hydrogens (tertiary/aromatic N) is 2. The summed E-state index contributed by atoms with van der Waals surface area (Å²) >= 11 is 7.47. The van der Waals surface area contributed by atoms with Gasteiger partial charge in [0.2, 0.25) is 0 Å². The Morgan fingerprint density at radius 3 is 2.60 bits per heavy atom. The lowest BCUT2D eigenvalue weighted by Crippen LogP contribution is -2.21. The van der Waals surface area contributed by atoms with Gasteiger partial charge in [-0.25, -0.2) is 4.98 Å². The minimum atomic E-state index is -0.0536. The van der Waals surface area contributed by atoms with Crippen LogP contribution in [0.1, 0.15) is 28.2 Å². The van der Waals surface area contributed by atoms with E-state index in [1.165, 1.54) is 4.90 Å². The molecule has 0 saturated heterocycles. The first kappa shape index (κ1) is 14.8. The van der Waals surface area contributed by atoms with Crippen LogP contribution in [0, 0.1) is 0 Å². The summed E-state index contributed by atoms with van der Waals surface area (Å²) in [5.74, 6) is 0.680. The lowest BCUT2D eigenvalue weighted by molar-refractivity contribution is 0.0827. The first-order valence-corrected chi connectivity index (χ1v) is 7.36. The van der Waals surface area contributed by atoms with Gasteiger partial charge in [-0.1, -0.05) is 11.6 Å². The molecule has 106 valence electrons. The van der Waals surface area contributed by atoms with Crippen LogP contribution in [0.25, 0.3) is 0 Å². The molecule has 0 aliphatic rings. The van der Waals surface area contributed by atoms with E-state index in [9.17, 15) is 4.79 Å². The number of hydrogen-bond acceptors (Lipinski definition) is 4. The largest absolute Gasteiger partial charge is 0.363 e. The van der Waals surface area contributed by atoms with Gasteiger partial charge in [-0.2, -0.15) is 0 Å². The van der Waals surface area contributed by atoms with Crippen molar-refractivity contribution in [2.24, 2.45) is 0 Å². The van der Waals surface area contributed by atoms with Crippen molar-refractivity contribution in [3.8, 4) is 0 Å². The second kappa shape index (κ2) is 6.24. The molecule has 2 heterocycles. The Bertz CT molecular complexity index is 595. The van der Waals surface area contributed by atoms with Gasteiger partial charge in [-0.15, -0.1) is 11.3 Å². The number of hydrogen-bond donors (Lipinski definition) is 1. The van der Waals surface area contributed by atoms with Gasteiger partial charge in [0.25, 0.3) is 5.91 Å². The first-order chi connectivity index (χ1) is 9.47. The predicted molar refractivity (Wildman–Crippen MR) is 83.6 cm³/mol. The van der Waals surface area contributed by atoms with Gasteiger partial charge >= 0.3 is 0 Å². The summed E-state index contributed by atoms with van der Waals surface area (Å²) in [5, 5.41) is 3.28.